The molecule has 0 radical (unpaired) electrons. The molecular formula is C10H18ClN3O3. The summed E-state index contributed by atoms with van der Waals surface area (Å²) in [6.45, 7) is 5.16. The molecule has 1 atom stereocenters. The van der Waals surface area contributed by atoms with E-state index < -0.39 is 18.0 Å². The van der Waals surface area contributed by atoms with E-state index in [1.165, 1.54) is 6.92 Å². The zero-order valence-electron chi connectivity index (χ0n) is 10.2. The average molecular weight is 264 g/mol. The second-order valence-electron chi connectivity index (χ2n) is 3.85. The smallest absolute Gasteiger partial charge is 0.322 e. The second kappa shape index (κ2) is 7.89. The topological polar surface area (TPSA) is 87.3 Å². The summed E-state index contributed by atoms with van der Waals surface area (Å²) in [6.07, 6.45) is 0.0571. The number of carbonyl (C=O) groups is 3. The van der Waals surface area contributed by atoms with E-state index in [4.69, 9.17) is 11.6 Å². The van der Waals surface area contributed by atoms with Crippen LogP contribution in [0.25, 0.3) is 0 Å². The molecule has 0 saturated carbocycles. The highest BCUT2D eigenvalue weighted by atomic mass is 35.5. The van der Waals surface area contributed by atoms with Crippen LogP contribution in [-0.4, -0.2) is 35.8 Å². The number of imide groups is 1. The number of halogens is 1. The van der Waals surface area contributed by atoms with Crippen molar-refractivity contribution in [3.8, 4) is 0 Å². The van der Waals surface area contributed by atoms with Gasteiger partial charge in [-0.2, -0.15) is 0 Å². The molecule has 0 aliphatic heterocycles. The van der Waals surface area contributed by atoms with Gasteiger partial charge in [0.05, 0.1) is 0 Å². The Morgan fingerprint density at radius 2 is 1.71 bits per heavy atom. The summed E-state index contributed by atoms with van der Waals surface area (Å²) in [4.78, 5) is 33.7. The maximum absolute atomic E-state index is 11.4. The van der Waals surface area contributed by atoms with Crippen LogP contribution >= 0.6 is 11.6 Å². The Labute approximate surface area is 105 Å². The summed E-state index contributed by atoms with van der Waals surface area (Å²) < 4.78 is 0. The number of amides is 4. The Morgan fingerprint density at radius 3 is 2.18 bits per heavy atom. The van der Waals surface area contributed by atoms with E-state index in [1.807, 2.05) is 13.8 Å². The van der Waals surface area contributed by atoms with Crippen LogP contribution in [0, 0.1) is 0 Å². The molecule has 0 saturated heterocycles. The molecule has 0 heterocycles. The number of rotatable bonds is 5. The highest BCUT2D eigenvalue weighted by Crippen LogP contribution is 1.87. The number of hydrogen-bond donors (Lipinski definition) is 3. The van der Waals surface area contributed by atoms with E-state index in [0.717, 1.165) is 0 Å². The van der Waals surface area contributed by atoms with Crippen molar-refractivity contribution in [1.29, 1.82) is 0 Å². The van der Waals surface area contributed by atoms with Crippen molar-refractivity contribution in [3.63, 3.8) is 0 Å². The van der Waals surface area contributed by atoms with E-state index in [2.05, 4.69) is 16.0 Å². The maximum atomic E-state index is 11.4. The minimum atomic E-state index is -0.707. The lowest BCUT2D eigenvalue weighted by atomic mass is 10.3. The SMILES string of the molecule is CC(C)NC(=O)C(C)NC(=O)NC(=O)CCCl. The van der Waals surface area contributed by atoms with Crippen LogP contribution < -0.4 is 16.0 Å². The second-order valence-corrected chi connectivity index (χ2v) is 4.22. The van der Waals surface area contributed by atoms with Crippen molar-refractivity contribution in [1.82, 2.24) is 16.0 Å². The zero-order chi connectivity index (χ0) is 13.4. The molecule has 0 fully saturated rings. The van der Waals surface area contributed by atoms with Gasteiger partial charge in [-0.25, -0.2) is 4.79 Å². The van der Waals surface area contributed by atoms with Crippen molar-refractivity contribution in [2.24, 2.45) is 0 Å². The molecule has 0 aliphatic carbocycles. The van der Waals surface area contributed by atoms with Crippen molar-refractivity contribution >= 4 is 29.4 Å². The predicted octanol–water partition coefficient (Wildman–Crippen LogP) is 0.354. The monoisotopic (exact) mass is 263 g/mol. The standard InChI is InChI=1S/C10H18ClN3O3/c1-6(2)12-9(16)7(3)13-10(17)14-8(15)4-5-11/h6-7H,4-5H2,1-3H3,(H,12,16)(H2,13,14,15,17). The van der Waals surface area contributed by atoms with Crippen molar-refractivity contribution in [3.05, 3.63) is 0 Å². The largest absolute Gasteiger partial charge is 0.352 e. The van der Waals surface area contributed by atoms with Gasteiger partial charge in [0, 0.05) is 18.3 Å². The van der Waals surface area contributed by atoms with Gasteiger partial charge in [-0.1, -0.05) is 0 Å². The van der Waals surface area contributed by atoms with Crippen LogP contribution in [0.15, 0.2) is 0 Å². The average Bonchev–Trinajstić information content (AvgIpc) is 2.16. The lowest BCUT2D eigenvalue weighted by Crippen LogP contribution is -2.50. The fourth-order valence-electron chi connectivity index (χ4n) is 0.983. The molecule has 7 heteroatoms. The lowest BCUT2D eigenvalue weighted by molar-refractivity contribution is -0.123. The van der Waals surface area contributed by atoms with E-state index in [0.29, 0.717) is 0 Å². The summed E-state index contributed by atoms with van der Waals surface area (Å²) in [6, 6.07) is -1.42. The van der Waals surface area contributed by atoms with Gasteiger partial charge in [0.25, 0.3) is 0 Å². The van der Waals surface area contributed by atoms with Gasteiger partial charge in [0.1, 0.15) is 6.04 Å². The van der Waals surface area contributed by atoms with E-state index in [1.54, 1.807) is 0 Å². The Hall–Kier alpha value is -1.30. The quantitative estimate of drug-likeness (QED) is 0.626. The molecule has 98 valence electrons. The van der Waals surface area contributed by atoms with Crippen LogP contribution in [-0.2, 0) is 9.59 Å². The summed E-state index contributed by atoms with van der Waals surface area (Å²) in [5.41, 5.74) is 0. The van der Waals surface area contributed by atoms with Crippen molar-refractivity contribution < 1.29 is 14.4 Å². The zero-order valence-corrected chi connectivity index (χ0v) is 10.9. The third kappa shape index (κ3) is 7.57. The molecule has 6 nitrogen and oxygen atoms in total. The molecule has 0 aromatic rings. The first-order valence-electron chi connectivity index (χ1n) is 5.33. The highest BCUT2D eigenvalue weighted by Gasteiger charge is 2.16. The first-order valence-corrected chi connectivity index (χ1v) is 5.87. The fraction of sp³-hybridized carbons (Fsp3) is 0.700. The molecule has 0 aromatic carbocycles. The number of nitrogens with one attached hydrogen (secondary N) is 3. The molecule has 0 rings (SSSR count). The van der Waals surface area contributed by atoms with E-state index in [9.17, 15) is 14.4 Å². The molecule has 0 aliphatic rings. The maximum Gasteiger partial charge on any atom is 0.322 e. The van der Waals surface area contributed by atoms with Crippen molar-refractivity contribution in [2.75, 3.05) is 5.88 Å². The lowest BCUT2D eigenvalue weighted by Gasteiger charge is -2.15. The van der Waals surface area contributed by atoms with Gasteiger partial charge >= 0.3 is 6.03 Å². The van der Waals surface area contributed by atoms with Crippen molar-refractivity contribution in [2.45, 2.75) is 39.3 Å². The minimum absolute atomic E-state index is 0.00677. The molecule has 0 bridgehead atoms. The molecule has 0 aromatic heterocycles. The van der Waals surface area contributed by atoms with Crippen LogP contribution in [0.1, 0.15) is 27.2 Å². The normalized spacial score (nSPS) is 11.8. The fourth-order valence-corrected chi connectivity index (χ4v) is 1.15. The summed E-state index contributed by atoms with van der Waals surface area (Å²) in [5.74, 6) is -0.642. The van der Waals surface area contributed by atoms with Gasteiger partial charge in [0.15, 0.2) is 0 Å². The molecule has 0 spiro atoms. The molecule has 3 N–H and O–H groups in total. The summed E-state index contributed by atoms with van der Waals surface area (Å²) in [5, 5.41) is 7.05. The summed E-state index contributed by atoms with van der Waals surface area (Å²) >= 11 is 5.34. The van der Waals surface area contributed by atoms with Gasteiger partial charge in [-0.05, 0) is 20.8 Å². The van der Waals surface area contributed by atoms with Gasteiger partial charge < -0.3 is 10.6 Å². The Balaban J connectivity index is 4.03. The van der Waals surface area contributed by atoms with Gasteiger partial charge in [0.2, 0.25) is 11.8 Å². The van der Waals surface area contributed by atoms with Crippen LogP contribution in [0.4, 0.5) is 4.79 Å². The third-order valence-corrected chi connectivity index (χ3v) is 1.94. The molecule has 4 amide bonds. The van der Waals surface area contributed by atoms with Gasteiger partial charge in [-0.3, -0.25) is 14.9 Å². The van der Waals surface area contributed by atoms with E-state index in [-0.39, 0.29) is 24.2 Å². The number of urea groups is 1. The first kappa shape index (κ1) is 15.7. The van der Waals surface area contributed by atoms with Crippen LogP contribution in [0.3, 0.4) is 0 Å². The van der Waals surface area contributed by atoms with Crippen LogP contribution in [0.2, 0.25) is 0 Å². The number of alkyl halides is 1. The minimum Gasteiger partial charge on any atom is -0.352 e. The molecule has 17 heavy (non-hydrogen) atoms. The Kier molecular flexibility index (Phi) is 7.29. The van der Waals surface area contributed by atoms with Gasteiger partial charge in [-0.15, -0.1) is 11.6 Å². The van der Waals surface area contributed by atoms with E-state index >= 15 is 0 Å². The van der Waals surface area contributed by atoms with Crippen LogP contribution in [0.5, 0.6) is 0 Å². The third-order valence-electron chi connectivity index (χ3n) is 1.75. The molecular weight excluding hydrogens is 246 g/mol. The Bertz CT molecular complexity index is 295. The number of hydrogen-bond acceptors (Lipinski definition) is 3. The summed E-state index contributed by atoms with van der Waals surface area (Å²) in [7, 11) is 0. The molecule has 1 unspecified atom stereocenters. The first-order chi connectivity index (χ1) is 7.86. The Morgan fingerprint density at radius 1 is 1.12 bits per heavy atom. The predicted molar refractivity (Wildman–Crippen MR) is 64.8 cm³/mol. The number of carbonyl (C=O) groups excluding carboxylic acids is 3. The highest BCUT2D eigenvalue weighted by molar-refractivity contribution is 6.19.